The lowest BCUT2D eigenvalue weighted by Gasteiger charge is -2.30. The molecule has 10 rings (SSSR count). The monoisotopic (exact) mass is 746 g/mol. The highest BCUT2D eigenvalue weighted by atomic mass is 15.2. The Morgan fingerprint density at radius 2 is 0.655 bits per heavy atom. The number of para-hydroxylation sites is 2. The molecule has 0 fully saturated rings. The van der Waals surface area contributed by atoms with Crippen LogP contribution < -0.4 is 9.80 Å². The Morgan fingerprint density at radius 1 is 0.276 bits per heavy atom. The highest BCUT2D eigenvalue weighted by Gasteiger charge is 2.23. The maximum atomic E-state index is 2.47. The Bertz CT molecular complexity index is 2910. The van der Waals surface area contributed by atoms with E-state index in [1.807, 2.05) is 0 Å². The van der Waals surface area contributed by atoms with Crippen LogP contribution >= 0.6 is 0 Å². The summed E-state index contributed by atoms with van der Waals surface area (Å²) in [5.41, 5.74) is 9.51. The standard InChI is InChI=1S/C56H46N2/c1-37(2)41-25-29-49-51-36-56(58(46-21-9-6-10-22-46)48-28-24-40-16-12-14-18-44(40)32-48)54-34-42(38(3)4)26-30-50(54)52(51)35-55(53(49)33-41)57(45-19-7-5-8-20-45)47-27-23-39-15-11-13-17-43(39)31-47/h5-38H,1-4H3. The Morgan fingerprint density at radius 3 is 1.05 bits per heavy atom. The molecule has 0 saturated carbocycles. The smallest absolute Gasteiger partial charge is 0.0546 e. The summed E-state index contributed by atoms with van der Waals surface area (Å²) >= 11 is 0. The summed E-state index contributed by atoms with van der Waals surface area (Å²) in [6, 6.07) is 72.0. The molecule has 0 radical (unpaired) electrons. The summed E-state index contributed by atoms with van der Waals surface area (Å²) < 4.78 is 0. The number of hydrogen-bond acceptors (Lipinski definition) is 2. The SMILES string of the molecule is CC(C)c1ccc2c(c1)c(N(c1ccccc1)c1ccc3ccccc3c1)cc1c3ccc(C(C)C)cc3c(N(c3ccccc3)c3ccc4ccccc4c3)cc21. The molecule has 10 aromatic rings. The normalized spacial score (nSPS) is 11.8. The van der Waals surface area contributed by atoms with Crippen molar-refractivity contribution in [2.24, 2.45) is 0 Å². The van der Waals surface area contributed by atoms with Crippen LogP contribution in [0.2, 0.25) is 0 Å². The molecule has 0 unspecified atom stereocenters. The van der Waals surface area contributed by atoms with Crippen molar-refractivity contribution in [1.29, 1.82) is 0 Å². The zero-order chi connectivity index (χ0) is 39.3. The minimum absolute atomic E-state index is 0.377. The Hall–Kier alpha value is -6.90. The first kappa shape index (κ1) is 35.5. The van der Waals surface area contributed by atoms with Gasteiger partial charge in [-0.1, -0.05) is 149 Å². The van der Waals surface area contributed by atoms with E-state index >= 15 is 0 Å². The van der Waals surface area contributed by atoms with Crippen molar-refractivity contribution in [3.05, 3.63) is 205 Å². The first-order chi connectivity index (χ1) is 28.4. The molecule has 0 spiro atoms. The fourth-order valence-electron chi connectivity index (χ4n) is 8.78. The maximum Gasteiger partial charge on any atom is 0.0546 e. The van der Waals surface area contributed by atoms with Gasteiger partial charge in [0.25, 0.3) is 0 Å². The highest BCUT2D eigenvalue weighted by Crippen LogP contribution is 2.49. The van der Waals surface area contributed by atoms with E-state index in [-0.39, 0.29) is 0 Å². The van der Waals surface area contributed by atoms with Crippen LogP contribution in [-0.2, 0) is 0 Å². The second-order valence-corrected chi connectivity index (χ2v) is 16.2. The fourth-order valence-corrected chi connectivity index (χ4v) is 8.78. The predicted octanol–water partition coefficient (Wildman–Crippen LogP) is 16.6. The first-order valence-corrected chi connectivity index (χ1v) is 20.6. The molecular weight excluding hydrogens is 701 g/mol. The van der Waals surface area contributed by atoms with Gasteiger partial charge in [-0.05, 0) is 139 Å². The maximum absolute atomic E-state index is 2.47. The summed E-state index contributed by atoms with van der Waals surface area (Å²) in [7, 11) is 0. The van der Waals surface area contributed by atoms with Gasteiger partial charge < -0.3 is 9.80 Å². The molecule has 2 heteroatoms. The molecule has 10 aromatic carbocycles. The van der Waals surface area contributed by atoms with Crippen molar-refractivity contribution in [1.82, 2.24) is 0 Å². The van der Waals surface area contributed by atoms with Crippen molar-refractivity contribution in [2.45, 2.75) is 39.5 Å². The van der Waals surface area contributed by atoms with Crippen LogP contribution in [0.3, 0.4) is 0 Å². The van der Waals surface area contributed by atoms with Crippen LogP contribution in [0.5, 0.6) is 0 Å². The van der Waals surface area contributed by atoms with Gasteiger partial charge in [0.1, 0.15) is 0 Å². The van der Waals surface area contributed by atoms with Gasteiger partial charge >= 0.3 is 0 Å². The van der Waals surface area contributed by atoms with E-state index in [1.54, 1.807) is 0 Å². The Balaban J connectivity index is 1.33. The third-order valence-electron chi connectivity index (χ3n) is 11.9. The van der Waals surface area contributed by atoms with Crippen LogP contribution in [0.1, 0.15) is 50.7 Å². The summed E-state index contributed by atoms with van der Waals surface area (Å²) in [5, 5.41) is 12.3. The summed E-state index contributed by atoms with van der Waals surface area (Å²) in [4.78, 5) is 4.93. The zero-order valence-electron chi connectivity index (χ0n) is 33.5. The van der Waals surface area contributed by atoms with E-state index in [2.05, 4.69) is 232 Å². The lowest BCUT2D eigenvalue weighted by molar-refractivity contribution is 0.868. The van der Waals surface area contributed by atoms with Crippen LogP contribution in [0.25, 0.3) is 53.9 Å². The van der Waals surface area contributed by atoms with Crippen molar-refractivity contribution in [3.63, 3.8) is 0 Å². The number of hydrogen-bond donors (Lipinski definition) is 0. The quantitative estimate of drug-likeness (QED) is 0.143. The third-order valence-corrected chi connectivity index (χ3v) is 11.9. The van der Waals surface area contributed by atoms with Crippen molar-refractivity contribution in [2.75, 3.05) is 9.80 Å². The van der Waals surface area contributed by atoms with Gasteiger partial charge in [-0.15, -0.1) is 0 Å². The molecule has 0 saturated heterocycles. The van der Waals surface area contributed by atoms with Gasteiger partial charge in [-0.2, -0.15) is 0 Å². The molecule has 2 nitrogen and oxygen atoms in total. The molecule has 0 aliphatic carbocycles. The molecule has 0 heterocycles. The molecular formula is C56H46N2. The average molecular weight is 747 g/mol. The molecule has 0 aromatic heterocycles. The highest BCUT2D eigenvalue weighted by molar-refractivity contribution is 6.25. The van der Waals surface area contributed by atoms with E-state index in [0.717, 1.165) is 22.7 Å². The van der Waals surface area contributed by atoms with Gasteiger partial charge in [0.05, 0.1) is 11.4 Å². The second kappa shape index (κ2) is 14.6. The minimum atomic E-state index is 0.377. The van der Waals surface area contributed by atoms with Crippen LogP contribution in [0.15, 0.2) is 194 Å². The number of anilines is 6. The van der Waals surface area contributed by atoms with Crippen molar-refractivity contribution < 1.29 is 0 Å². The van der Waals surface area contributed by atoms with Gasteiger partial charge in [0, 0.05) is 33.5 Å². The summed E-state index contributed by atoms with van der Waals surface area (Å²) in [5.74, 6) is 0.753. The van der Waals surface area contributed by atoms with E-state index in [9.17, 15) is 0 Å². The van der Waals surface area contributed by atoms with E-state index in [4.69, 9.17) is 0 Å². The lowest BCUT2D eigenvalue weighted by atomic mass is 9.89. The molecule has 0 bridgehead atoms. The Labute approximate surface area is 341 Å². The number of nitrogens with zero attached hydrogens (tertiary/aromatic N) is 2. The van der Waals surface area contributed by atoms with Gasteiger partial charge in [0.2, 0.25) is 0 Å². The van der Waals surface area contributed by atoms with E-state index < -0.39 is 0 Å². The van der Waals surface area contributed by atoms with Crippen LogP contribution in [0, 0.1) is 0 Å². The molecule has 58 heavy (non-hydrogen) atoms. The van der Waals surface area contributed by atoms with Crippen molar-refractivity contribution >= 4 is 88.0 Å². The van der Waals surface area contributed by atoms with Gasteiger partial charge in [0.15, 0.2) is 0 Å². The number of benzene rings is 10. The van der Waals surface area contributed by atoms with Crippen molar-refractivity contribution in [3.8, 4) is 0 Å². The zero-order valence-corrected chi connectivity index (χ0v) is 33.5. The molecule has 0 aliphatic rings. The number of rotatable bonds is 8. The van der Waals surface area contributed by atoms with E-state index in [1.165, 1.54) is 76.4 Å². The molecule has 280 valence electrons. The fraction of sp³-hybridized carbons (Fsp3) is 0.107. The van der Waals surface area contributed by atoms with Crippen LogP contribution in [0.4, 0.5) is 34.1 Å². The van der Waals surface area contributed by atoms with E-state index in [0.29, 0.717) is 11.8 Å². The van der Waals surface area contributed by atoms with Crippen LogP contribution in [-0.4, -0.2) is 0 Å². The molecule has 0 amide bonds. The largest absolute Gasteiger partial charge is 0.310 e. The van der Waals surface area contributed by atoms with Gasteiger partial charge in [-0.25, -0.2) is 0 Å². The topological polar surface area (TPSA) is 6.48 Å². The Kier molecular flexibility index (Phi) is 8.91. The second-order valence-electron chi connectivity index (χ2n) is 16.2. The average Bonchev–Trinajstić information content (AvgIpc) is 3.27. The third kappa shape index (κ3) is 6.22. The molecule has 0 N–H and O–H groups in total. The van der Waals surface area contributed by atoms with Gasteiger partial charge in [-0.3, -0.25) is 0 Å². The minimum Gasteiger partial charge on any atom is -0.310 e. The predicted molar refractivity (Wildman–Crippen MR) is 252 cm³/mol. The summed E-state index contributed by atoms with van der Waals surface area (Å²) in [6.07, 6.45) is 0. The molecule has 0 aliphatic heterocycles. The lowest BCUT2D eigenvalue weighted by Crippen LogP contribution is -2.12. The number of fused-ring (bicyclic) bond motifs is 7. The summed E-state index contributed by atoms with van der Waals surface area (Å²) in [6.45, 7) is 9.16. The molecule has 0 atom stereocenters. The first-order valence-electron chi connectivity index (χ1n) is 20.6.